The summed E-state index contributed by atoms with van der Waals surface area (Å²) in [5.74, 6) is -1.42. The highest BCUT2D eigenvalue weighted by Crippen LogP contribution is 2.22. The van der Waals surface area contributed by atoms with Gasteiger partial charge >= 0.3 is 0 Å². The molecule has 364 valence electrons. The van der Waals surface area contributed by atoms with Gasteiger partial charge in [0.1, 0.15) is 42.7 Å². The van der Waals surface area contributed by atoms with Crippen molar-refractivity contribution in [1.29, 1.82) is 0 Å². The van der Waals surface area contributed by atoms with E-state index in [0.717, 1.165) is 6.42 Å². The topological polar surface area (TPSA) is 333 Å². The fourth-order valence-electron chi connectivity index (χ4n) is 6.72. The lowest BCUT2D eigenvalue weighted by Crippen LogP contribution is -2.57. The van der Waals surface area contributed by atoms with Gasteiger partial charge in [0.15, 0.2) is 12.6 Å². The van der Waals surface area contributed by atoms with Crippen molar-refractivity contribution in [2.45, 2.75) is 178 Å². The number of nitrogens with one attached hydrogen (secondary N) is 6. The number of carbonyl (C=O) groups excluding carboxylic acids is 6. The molecule has 22 heteroatoms. The summed E-state index contributed by atoms with van der Waals surface area (Å²) in [5, 5.41) is 75.7. The van der Waals surface area contributed by atoms with Crippen LogP contribution >= 0.6 is 0 Å². The van der Waals surface area contributed by atoms with Gasteiger partial charge < -0.3 is 81.5 Å². The van der Waals surface area contributed by atoms with Crippen LogP contribution in [0, 0.1) is 0 Å². The molecule has 0 spiro atoms. The van der Waals surface area contributed by atoms with Crippen molar-refractivity contribution in [2.75, 3.05) is 46.4 Å². The average Bonchev–Trinajstić information content (AvgIpc) is 3.26. The zero-order valence-electron chi connectivity index (χ0n) is 37.0. The Kier molecular flexibility index (Phi) is 27.6. The molecule has 11 atom stereocenters. The minimum atomic E-state index is -1.44. The fraction of sp³-hybridized carbons (Fsp3) is 0.854. The van der Waals surface area contributed by atoms with Crippen LogP contribution in [0.5, 0.6) is 0 Å². The van der Waals surface area contributed by atoms with E-state index in [1.807, 2.05) is 0 Å². The van der Waals surface area contributed by atoms with E-state index in [-0.39, 0.29) is 87.4 Å². The van der Waals surface area contributed by atoms with Gasteiger partial charge in [0.2, 0.25) is 35.4 Å². The number of amides is 6. The molecule has 0 radical (unpaired) electrons. The summed E-state index contributed by atoms with van der Waals surface area (Å²) in [7, 11) is 1.57. The van der Waals surface area contributed by atoms with Gasteiger partial charge in [0, 0.05) is 65.3 Å². The average molecular weight is 907 g/mol. The first kappa shape index (κ1) is 55.6. The molecule has 63 heavy (non-hydrogen) atoms. The minimum Gasteiger partial charge on any atom is -0.388 e. The molecular weight excluding hydrogens is 832 g/mol. The Balaban J connectivity index is 1.63. The standard InChI is InChI=1S/C41H74N6O16/c1-25-33(53)35(55)37(57)40(62-25)60-23-21-44-30(50)16-7-6-15-29(49)43-19-12-10-13-27(39(59)46-20-11-4-5-14-28(48)42-3)47-32(52)18-9-8-17-31(51)45-22-24-61-41-38(58)36(56)34(54)26(2)63-41/h25-27,33-38,40-41,53-58H,4-24H2,1-3H3,(H,42,48)(H,43,49)(H,44,50)(H,45,51)(H,46,59)(H,47,52)/t25-,26-,27-,33+,34+,35+,36+,37-,38-,40+,41+/m0/s1. The predicted molar refractivity (Wildman–Crippen MR) is 224 cm³/mol. The number of aliphatic hydroxyl groups excluding tert-OH is 6. The third-order valence-electron chi connectivity index (χ3n) is 10.7. The monoisotopic (exact) mass is 907 g/mol. The van der Waals surface area contributed by atoms with Crippen molar-refractivity contribution in [3.8, 4) is 0 Å². The van der Waals surface area contributed by atoms with Gasteiger partial charge in [-0.25, -0.2) is 0 Å². The van der Waals surface area contributed by atoms with E-state index in [4.69, 9.17) is 18.9 Å². The number of carbonyl (C=O) groups is 6. The molecule has 2 saturated heterocycles. The Labute approximate surface area is 369 Å². The van der Waals surface area contributed by atoms with Crippen LogP contribution in [-0.2, 0) is 47.7 Å². The van der Waals surface area contributed by atoms with E-state index in [1.54, 1.807) is 14.0 Å². The van der Waals surface area contributed by atoms with Crippen molar-refractivity contribution in [2.24, 2.45) is 0 Å². The van der Waals surface area contributed by atoms with E-state index in [1.165, 1.54) is 6.92 Å². The second-order valence-corrected chi connectivity index (χ2v) is 16.0. The molecule has 2 aliphatic heterocycles. The van der Waals surface area contributed by atoms with Gasteiger partial charge in [-0.3, -0.25) is 28.8 Å². The molecule has 2 aliphatic rings. The number of rotatable bonds is 31. The van der Waals surface area contributed by atoms with E-state index < -0.39 is 67.5 Å². The highest BCUT2D eigenvalue weighted by molar-refractivity contribution is 5.87. The van der Waals surface area contributed by atoms with Crippen molar-refractivity contribution >= 4 is 35.4 Å². The Morgan fingerprint density at radius 1 is 0.476 bits per heavy atom. The molecule has 22 nitrogen and oxygen atoms in total. The molecule has 0 bridgehead atoms. The summed E-state index contributed by atoms with van der Waals surface area (Å²) in [4.78, 5) is 74.2. The smallest absolute Gasteiger partial charge is 0.242 e. The highest BCUT2D eigenvalue weighted by Gasteiger charge is 2.43. The third kappa shape index (κ3) is 22.3. The normalized spacial score (nSPS) is 26.2. The van der Waals surface area contributed by atoms with Gasteiger partial charge in [-0.2, -0.15) is 0 Å². The number of aliphatic hydroxyl groups is 6. The molecule has 2 heterocycles. The van der Waals surface area contributed by atoms with Crippen LogP contribution in [0.25, 0.3) is 0 Å². The van der Waals surface area contributed by atoms with E-state index in [9.17, 15) is 59.4 Å². The molecule has 0 aliphatic carbocycles. The summed E-state index contributed by atoms with van der Waals surface area (Å²) in [6.07, 6.45) is -5.68. The third-order valence-corrected chi connectivity index (χ3v) is 10.7. The van der Waals surface area contributed by atoms with Gasteiger partial charge in [-0.15, -0.1) is 0 Å². The maximum absolute atomic E-state index is 13.1. The summed E-state index contributed by atoms with van der Waals surface area (Å²) in [6.45, 7) is 4.06. The number of unbranched alkanes of at least 4 members (excludes halogenated alkanes) is 5. The van der Waals surface area contributed by atoms with Crippen LogP contribution in [0.1, 0.15) is 110 Å². The summed E-state index contributed by atoms with van der Waals surface area (Å²) in [6, 6.07) is -0.808. The second-order valence-electron chi connectivity index (χ2n) is 16.0. The van der Waals surface area contributed by atoms with Crippen LogP contribution in [-0.4, -0.2) is 180 Å². The Morgan fingerprint density at radius 3 is 1.35 bits per heavy atom. The first-order chi connectivity index (χ1) is 30.0. The molecule has 0 aromatic rings. The van der Waals surface area contributed by atoms with Crippen molar-refractivity contribution in [1.82, 2.24) is 31.9 Å². The summed E-state index contributed by atoms with van der Waals surface area (Å²) < 4.78 is 21.5. The molecule has 0 unspecified atom stereocenters. The number of ether oxygens (including phenoxy) is 4. The first-order valence-corrected chi connectivity index (χ1v) is 22.3. The Hall–Kier alpha value is -3.58. The minimum absolute atomic E-state index is 0.00767. The molecule has 2 fully saturated rings. The lowest BCUT2D eigenvalue weighted by molar-refractivity contribution is -0.292. The molecular formula is C41H74N6O16. The number of hydrogen-bond acceptors (Lipinski definition) is 16. The highest BCUT2D eigenvalue weighted by atomic mass is 16.7. The predicted octanol–water partition coefficient (Wildman–Crippen LogP) is -2.78. The Morgan fingerprint density at radius 2 is 0.873 bits per heavy atom. The van der Waals surface area contributed by atoms with Crippen LogP contribution in [0.3, 0.4) is 0 Å². The molecule has 0 aromatic carbocycles. The van der Waals surface area contributed by atoms with Gasteiger partial charge in [-0.05, 0) is 71.6 Å². The van der Waals surface area contributed by atoms with Gasteiger partial charge in [0.05, 0.1) is 25.4 Å². The second kappa shape index (κ2) is 31.3. The summed E-state index contributed by atoms with van der Waals surface area (Å²) in [5.41, 5.74) is 0. The fourth-order valence-corrected chi connectivity index (χ4v) is 6.72. The lowest BCUT2D eigenvalue weighted by Gasteiger charge is -2.38. The molecule has 2 rings (SSSR count). The van der Waals surface area contributed by atoms with Crippen molar-refractivity contribution in [3.05, 3.63) is 0 Å². The summed E-state index contributed by atoms with van der Waals surface area (Å²) >= 11 is 0. The quantitative estimate of drug-likeness (QED) is 0.0313. The largest absolute Gasteiger partial charge is 0.388 e. The maximum atomic E-state index is 13.1. The van der Waals surface area contributed by atoms with Gasteiger partial charge in [-0.1, -0.05) is 6.42 Å². The SMILES string of the molecule is CNC(=O)CCCCCNC(=O)[C@H](CCCCNC(=O)CCCCC(=O)NCCO[C@@H]1O[C@@H](C)[C@@H](O)[C@@H](O)[C@@H]1O)NC(=O)CCCCC(=O)NCCO[C@@H]1O[C@@H](C)[C@@H](O)[C@@H](O)[C@@H]1O. The van der Waals surface area contributed by atoms with Crippen LogP contribution in [0.4, 0.5) is 0 Å². The first-order valence-electron chi connectivity index (χ1n) is 22.3. The molecule has 0 saturated carbocycles. The Bertz CT molecular complexity index is 1380. The molecule has 0 aromatic heterocycles. The number of hydrogen-bond donors (Lipinski definition) is 12. The van der Waals surface area contributed by atoms with Crippen LogP contribution in [0.2, 0.25) is 0 Å². The van der Waals surface area contributed by atoms with Gasteiger partial charge in [0.25, 0.3) is 0 Å². The zero-order chi connectivity index (χ0) is 46.7. The van der Waals surface area contributed by atoms with Crippen LogP contribution in [0.15, 0.2) is 0 Å². The molecule has 6 amide bonds. The lowest BCUT2D eigenvalue weighted by atomic mass is 10.0. The van der Waals surface area contributed by atoms with Crippen LogP contribution < -0.4 is 31.9 Å². The van der Waals surface area contributed by atoms with Crippen molar-refractivity contribution < 1.29 is 78.4 Å². The van der Waals surface area contributed by atoms with Crippen molar-refractivity contribution in [3.63, 3.8) is 0 Å². The van der Waals surface area contributed by atoms with E-state index in [2.05, 4.69) is 31.9 Å². The zero-order valence-corrected chi connectivity index (χ0v) is 37.0. The van der Waals surface area contributed by atoms with E-state index in [0.29, 0.717) is 77.3 Å². The maximum Gasteiger partial charge on any atom is 0.242 e. The molecule has 12 N–H and O–H groups in total. The van der Waals surface area contributed by atoms with E-state index >= 15 is 0 Å².